The molecule has 0 aliphatic carbocycles. The Kier molecular flexibility index (Phi) is 6.80. The summed E-state index contributed by atoms with van der Waals surface area (Å²) in [6, 6.07) is 12.3. The van der Waals surface area contributed by atoms with Crippen molar-refractivity contribution < 1.29 is 22.7 Å². The Bertz CT molecular complexity index is 953. The van der Waals surface area contributed by atoms with Crippen LogP contribution in [0.1, 0.15) is 36.7 Å². The highest BCUT2D eigenvalue weighted by Gasteiger charge is 2.21. The van der Waals surface area contributed by atoms with E-state index in [1.807, 2.05) is 6.92 Å². The quantitative estimate of drug-likeness (QED) is 0.691. The summed E-state index contributed by atoms with van der Waals surface area (Å²) < 4.78 is 32.8. The van der Waals surface area contributed by atoms with Crippen molar-refractivity contribution in [2.75, 3.05) is 4.72 Å². The Morgan fingerprint density at radius 3 is 2.25 bits per heavy atom. The minimum Gasteiger partial charge on any atom is -0.449 e. The fourth-order valence-electron chi connectivity index (χ4n) is 2.31. The minimum absolute atomic E-state index is 0.0379. The largest absolute Gasteiger partial charge is 0.449 e. The van der Waals surface area contributed by atoms with E-state index in [0.29, 0.717) is 5.69 Å². The van der Waals surface area contributed by atoms with Gasteiger partial charge in [-0.15, -0.1) is 0 Å². The summed E-state index contributed by atoms with van der Waals surface area (Å²) in [6.45, 7) is 6.94. The molecule has 2 aromatic carbocycles. The van der Waals surface area contributed by atoms with E-state index in [9.17, 15) is 18.0 Å². The van der Waals surface area contributed by atoms with Crippen LogP contribution < -0.4 is 10.0 Å². The molecule has 1 atom stereocenters. The van der Waals surface area contributed by atoms with Gasteiger partial charge in [-0.1, -0.05) is 23.8 Å². The number of benzene rings is 2. The average Bonchev–Trinajstić information content (AvgIpc) is 2.63. The van der Waals surface area contributed by atoms with Gasteiger partial charge in [0.1, 0.15) is 0 Å². The van der Waals surface area contributed by atoms with Crippen LogP contribution in [-0.4, -0.2) is 32.4 Å². The molecule has 0 saturated carbocycles. The number of anilines is 1. The van der Waals surface area contributed by atoms with E-state index in [2.05, 4.69) is 10.0 Å². The van der Waals surface area contributed by atoms with Gasteiger partial charge in [0.05, 0.1) is 10.5 Å². The highest BCUT2D eigenvalue weighted by molar-refractivity contribution is 7.92. The molecular weight excluding hydrogens is 380 g/mol. The highest BCUT2D eigenvalue weighted by atomic mass is 32.2. The van der Waals surface area contributed by atoms with Gasteiger partial charge < -0.3 is 10.1 Å². The van der Waals surface area contributed by atoms with E-state index in [1.165, 1.54) is 31.2 Å². The highest BCUT2D eigenvalue weighted by Crippen LogP contribution is 2.18. The van der Waals surface area contributed by atoms with Gasteiger partial charge >= 0.3 is 5.97 Å². The van der Waals surface area contributed by atoms with Gasteiger partial charge in [-0.05, 0) is 58.0 Å². The third-order valence-corrected chi connectivity index (χ3v) is 5.15. The lowest BCUT2D eigenvalue weighted by Crippen LogP contribution is -2.39. The van der Waals surface area contributed by atoms with Crippen LogP contribution >= 0.6 is 0 Å². The summed E-state index contributed by atoms with van der Waals surface area (Å²) in [5, 5.41) is 2.64. The van der Waals surface area contributed by atoms with Gasteiger partial charge in [-0.2, -0.15) is 0 Å². The predicted molar refractivity (Wildman–Crippen MR) is 107 cm³/mol. The normalized spacial score (nSPS) is 12.3. The lowest BCUT2D eigenvalue weighted by molar-refractivity contribution is -0.129. The molecule has 0 bridgehead atoms. The Balaban J connectivity index is 2.15. The van der Waals surface area contributed by atoms with Crippen molar-refractivity contribution in [1.29, 1.82) is 0 Å². The second kappa shape index (κ2) is 8.88. The number of carbonyl (C=O) groups is 2. The van der Waals surface area contributed by atoms with E-state index in [4.69, 9.17) is 4.74 Å². The number of esters is 1. The molecule has 1 amide bonds. The van der Waals surface area contributed by atoms with E-state index in [-0.39, 0.29) is 16.5 Å². The number of rotatable bonds is 7. The third kappa shape index (κ3) is 5.82. The second-order valence-electron chi connectivity index (χ2n) is 6.71. The molecule has 0 spiro atoms. The minimum atomic E-state index is -3.88. The number of aryl methyl sites for hydroxylation is 1. The van der Waals surface area contributed by atoms with Crippen LogP contribution in [0.15, 0.2) is 53.4 Å². The molecule has 0 aliphatic rings. The van der Waals surface area contributed by atoms with E-state index in [1.54, 1.807) is 38.1 Å². The molecule has 2 aromatic rings. The van der Waals surface area contributed by atoms with Crippen LogP contribution in [0, 0.1) is 6.92 Å². The monoisotopic (exact) mass is 404 g/mol. The Labute approximate surface area is 165 Å². The number of hydrogen-bond donors (Lipinski definition) is 2. The Morgan fingerprint density at radius 1 is 1.00 bits per heavy atom. The summed E-state index contributed by atoms with van der Waals surface area (Å²) in [6.07, 6.45) is -0.999. The lowest BCUT2D eigenvalue weighted by atomic mass is 10.2. The lowest BCUT2D eigenvalue weighted by Gasteiger charge is -2.15. The Morgan fingerprint density at radius 2 is 1.64 bits per heavy atom. The average molecular weight is 404 g/mol. The predicted octanol–water partition coefficient (Wildman–Crippen LogP) is 2.87. The van der Waals surface area contributed by atoms with Gasteiger partial charge in [0.15, 0.2) is 6.10 Å². The van der Waals surface area contributed by atoms with Gasteiger partial charge in [0, 0.05) is 11.7 Å². The van der Waals surface area contributed by atoms with Crippen molar-refractivity contribution in [2.24, 2.45) is 0 Å². The number of sulfonamides is 1. The molecule has 7 nitrogen and oxygen atoms in total. The fourth-order valence-corrected chi connectivity index (χ4v) is 3.41. The number of amides is 1. The van der Waals surface area contributed by atoms with Crippen LogP contribution in [0.4, 0.5) is 5.69 Å². The topological polar surface area (TPSA) is 102 Å². The zero-order valence-electron chi connectivity index (χ0n) is 16.2. The summed E-state index contributed by atoms with van der Waals surface area (Å²) in [4.78, 5) is 24.1. The molecule has 28 heavy (non-hydrogen) atoms. The van der Waals surface area contributed by atoms with Gasteiger partial charge in [0.2, 0.25) is 0 Å². The molecule has 0 radical (unpaired) electrons. The molecule has 0 unspecified atom stereocenters. The smallest absolute Gasteiger partial charge is 0.338 e. The molecule has 8 heteroatoms. The maximum absolute atomic E-state index is 12.6. The van der Waals surface area contributed by atoms with Crippen LogP contribution in [0.25, 0.3) is 0 Å². The first-order valence-corrected chi connectivity index (χ1v) is 10.3. The fraction of sp³-hybridized carbons (Fsp3) is 0.300. The van der Waals surface area contributed by atoms with Crippen LogP contribution in [0.2, 0.25) is 0 Å². The number of nitrogens with one attached hydrogen (secondary N) is 2. The van der Waals surface area contributed by atoms with Crippen LogP contribution in [0.5, 0.6) is 0 Å². The van der Waals surface area contributed by atoms with Gasteiger partial charge in [-0.25, -0.2) is 13.2 Å². The zero-order chi connectivity index (χ0) is 20.9. The molecule has 150 valence electrons. The molecule has 0 aliphatic heterocycles. The number of ether oxygens (including phenoxy) is 1. The SMILES string of the molecule is Cc1ccc(NS(=O)(=O)c2cccc(C(=O)O[C@H](C)C(=O)NC(C)C)c2)cc1. The molecule has 2 N–H and O–H groups in total. The van der Waals surface area contributed by atoms with Crippen molar-refractivity contribution in [3.05, 3.63) is 59.7 Å². The van der Waals surface area contributed by atoms with Gasteiger partial charge in [-0.3, -0.25) is 9.52 Å². The molecule has 0 aromatic heterocycles. The third-order valence-electron chi connectivity index (χ3n) is 3.77. The van der Waals surface area contributed by atoms with E-state index < -0.39 is 28.0 Å². The summed E-state index contributed by atoms with van der Waals surface area (Å²) in [5.74, 6) is -1.20. The van der Waals surface area contributed by atoms with Crippen molar-refractivity contribution in [3.63, 3.8) is 0 Å². The van der Waals surface area contributed by atoms with Crippen molar-refractivity contribution >= 4 is 27.6 Å². The van der Waals surface area contributed by atoms with Crippen molar-refractivity contribution in [2.45, 2.75) is 44.7 Å². The first-order valence-electron chi connectivity index (χ1n) is 8.79. The first-order chi connectivity index (χ1) is 13.1. The summed E-state index contributed by atoms with van der Waals surface area (Å²) >= 11 is 0. The van der Waals surface area contributed by atoms with Gasteiger partial charge in [0.25, 0.3) is 15.9 Å². The maximum atomic E-state index is 12.6. The Hall–Kier alpha value is -2.87. The second-order valence-corrected chi connectivity index (χ2v) is 8.39. The molecule has 0 saturated heterocycles. The van der Waals surface area contributed by atoms with Crippen molar-refractivity contribution in [3.8, 4) is 0 Å². The number of hydrogen-bond acceptors (Lipinski definition) is 5. The molecular formula is C20H24N2O5S. The van der Waals surface area contributed by atoms with Crippen LogP contribution in [0.3, 0.4) is 0 Å². The summed E-state index contributed by atoms with van der Waals surface area (Å²) in [7, 11) is -3.88. The van der Waals surface area contributed by atoms with Crippen LogP contribution in [-0.2, 0) is 19.6 Å². The standard InChI is InChI=1S/C20H24N2O5S/c1-13(2)21-19(23)15(4)27-20(24)16-6-5-7-18(12-16)28(25,26)22-17-10-8-14(3)9-11-17/h5-13,15,22H,1-4H3,(H,21,23)/t15-/m1/s1. The molecule has 0 heterocycles. The molecule has 2 rings (SSSR count). The number of carbonyl (C=O) groups excluding carboxylic acids is 2. The maximum Gasteiger partial charge on any atom is 0.338 e. The van der Waals surface area contributed by atoms with Crippen molar-refractivity contribution in [1.82, 2.24) is 5.32 Å². The van der Waals surface area contributed by atoms with E-state index >= 15 is 0 Å². The first kappa shape index (κ1) is 21.4. The zero-order valence-corrected chi connectivity index (χ0v) is 17.0. The molecule has 0 fully saturated rings. The summed E-state index contributed by atoms with van der Waals surface area (Å²) in [5.41, 5.74) is 1.46. The van der Waals surface area contributed by atoms with E-state index in [0.717, 1.165) is 5.56 Å².